The molecular weight excluding hydrogens is 625 g/mol. The number of anilines is 1. The van der Waals surface area contributed by atoms with E-state index in [1.807, 2.05) is 20.8 Å². The minimum atomic E-state index is -4.31. The smallest absolute Gasteiger partial charge is 0.264 e. The van der Waals surface area contributed by atoms with E-state index in [1.165, 1.54) is 37.3 Å². The van der Waals surface area contributed by atoms with E-state index in [1.54, 1.807) is 49.4 Å². The van der Waals surface area contributed by atoms with Crippen LogP contribution >= 0.6 is 23.2 Å². The fourth-order valence-electron chi connectivity index (χ4n) is 4.54. The molecule has 2 amide bonds. The van der Waals surface area contributed by atoms with Crippen LogP contribution in [0.15, 0.2) is 65.6 Å². The molecule has 9 nitrogen and oxygen atoms in total. The highest BCUT2D eigenvalue weighted by molar-refractivity contribution is 7.92. The Morgan fingerprint density at radius 1 is 0.909 bits per heavy atom. The van der Waals surface area contributed by atoms with Crippen LogP contribution < -0.4 is 19.1 Å². The molecule has 0 aliphatic rings. The molecule has 44 heavy (non-hydrogen) atoms. The maximum atomic E-state index is 14.3. The highest BCUT2D eigenvalue weighted by atomic mass is 35.5. The van der Waals surface area contributed by atoms with Crippen molar-refractivity contribution in [3.8, 4) is 11.5 Å². The number of methoxy groups -OCH3 is 2. The predicted octanol–water partition coefficient (Wildman–Crippen LogP) is 6.24. The van der Waals surface area contributed by atoms with Crippen LogP contribution in [0.5, 0.6) is 11.5 Å². The molecule has 0 saturated carbocycles. The summed E-state index contributed by atoms with van der Waals surface area (Å²) in [7, 11) is -1.45. The Kier molecular flexibility index (Phi) is 12.3. The van der Waals surface area contributed by atoms with Crippen molar-refractivity contribution in [2.45, 2.75) is 64.1 Å². The lowest BCUT2D eigenvalue weighted by atomic mass is 10.1. The zero-order valence-corrected chi connectivity index (χ0v) is 28.1. The standard InChI is InChI=1S/C32H39Cl2N3O6S/c1-7-22(4)35-32(39)28(8-2)36(19-23-11-12-24(33)17-27(23)34)31(38)20-37(25-13-9-21(3)10-14-25)44(40,41)26-15-16-29(42-5)30(18-26)43-6/h9-18,22,28H,7-8,19-20H2,1-6H3,(H,35,39)/t22-,28+/m1/s1. The molecular formula is C32H39Cl2N3O6S. The molecule has 12 heteroatoms. The summed E-state index contributed by atoms with van der Waals surface area (Å²) >= 11 is 12.6. The summed E-state index contributed by atoms with van der Waals surface area (Å²) in [5.74, 6) is -0.360. The molecule has 0 radical (unpaired) electrons. The van der Waals surface area contributed by atoms with Crippen molar-refractivity contribution < 1.29 is 27.5 Å². The molecule has 0 unspecified atom stereocenters. The van der Waals surface area contributed by atoms with Gasteiger partial charge in [0.1, 0.15) is 12.6 Å². The van der Waals surface area contributed by atoms with Crippen LogP contribution in [0.1, 0.15) is 44.7 Å². The maximum Gasteiger partial charge on any atom is 0.264 e. The quantitative estimate of drug-likeness (QED) is 0.219. The molecule has 0 spiro atoms. The first kappa shape index (κ1) is 35.0. The Balaban J connectivity index is 2.12. The number of sulfonamides is 1. The minimum absolute atomic E-state index is 0.0422. The van der Waals surface area contributed by atoms with E-state index < -0.39 is 28.5 Å². The molecule has 0 saturated heterocycles. The van der Waals surface area contributed by atoms with Gasteiger partial charge in [-0.25, -0.2) is 8.42 Å². The molecule has 0 aliphatic carbocycles. The highest BCUT2D eigenvalue weighted by Gasteiger charge is 2.34. The van der Waals surface area contributed by atoms with Crippen molar-refractivity contribution in [3.63, 3.8) is 0 Å². The number of nitrogens with zero attached hydrogens (tertiary/aromatic N) is 2. The summed E-state index contributed by atoms with van der Waals surface area (Å²) in [5.41, 5.74) is 1.75. The fourth-order valence-corrected chi connectivity index (χ4v) is 6.44. The maximum absolute atomic E-state index is 14.3. The number of halogens is 2. The molecule has 1 N–H and O–H groups in total. The summed E-state index contributed by atoms with van der Waals surface area (Å²) in [6, 6.07) is 14.9. The first-order valence-electron chi connectivity index (χ1n) is 14.2. The molecule has 0 heterocycles. The Bertz CT molecular complexity index is 1570. The molecule has 2 atom stereocenters. The Labute approximate surface area is 270 Å². The summed E-state index contributed by atoms with van der Waals surface area (Å²) in [6.07, 6.45) is 0.982. The van der Waals surface area contributed by atoms with Crippen LogP contribution in [0, 0.1) is 6.92 Å². The first-order valence-corrected chi connectivity index (χ1v) is 16.4. The number of benzene rings is 3. The minimum Gasteiger partial charge on any atom is -0.493 e. The van der Waals surface area contributed by atoms with Crippen LogP contribution in [0.3, 0.4) is 0 Å². The van der Waals surface area contributed by atoms with Gasteiger partial charge < -0.3 is 19.7 Å². The number of amides is 2. The van der Waals surface area contributed by atoms with E-state index in [2.05, 4.69) is 5.32 Å². The summed E-state index contributed by atoms with van der Waals surface area (Å²) < 4.78 is 40.0. The van der Waals surface area contributed by atoms with Crippen molar-refractivity contribution in [2.75, 3.05) is 25.1 Å². The lowest BCUT2D eigenvalue weighted by Gasteiger charge is -2.34. The number of carbonyl (C=O) groups excluding carboxylic acids is 2. The van der Waals surface area contributed by atoms with Crippen LogP contribution in [-0.2, 0) is 26.2 Å². The van der Waals surface area contributed by atoms with Gasteiger partial charge in [-0.1, -0.05) is 60.8 Å². The number of nitrogens with one attached hydrogen (secondary N) is 1. The van der Waals surface area contributed by atoms with Gasteiger partial charge in [-0.05, 0) is 68.7 Å². The number of rotatable bonds is 14. The van der Waals surface area contributed by atoms with Gasteiger partial charge in [0.05, 0.1) is 24.8 Å². The van der Waals surface area contributed by atoms with E-state index in [4.69, 9.17) is 32.7 Å². The third-order valence-electron chi connectivity index (χ3n) is 7.29. The molecule has 238 valence electrons. The molecule has 0 aliphatic heterocycles. The van der Waals surface area contributed by atoms with Gasteiger partial charge in [0.15, 0.2) is 11.5 Å². The number of hydrogen-bond donors (Lipinski definition) is 1. The van der Waals surface area contributed by atoms with Gasteiger partial charge in [-0.2, -0.15) is 0 Å². The van der Waals surface area contributed by atoms with Crippen molar-refractivity contribution in [1.82, 2.24) is 10.2 Å². The Morgan fingerprint density at radius 2 is 1.57 bits per heavy atom. The molecule has 3 aromatic carbocycles. The van der Waals surface area contributed by atoms with Crippen molar-refractivity contribution in [1.29, 1.82) is 0 Å². The summed E-state index contributed by atoms with van der Waals surface area (Å²) in [6.45, 7) is 6.87. The Hall–Kier alpha value is -3.47. The van der Waals surface area contributed by atoms with Gasteiger partial charge in [-0.15, -0.1) is 0 Å². The van der Waals surface area contributed by atoms with Crippen LogP contribution in [-0.4, -0.2) is 58.0 Å². The topological polar surface area (TPSA) is 105 Å². The van der Waals surface area contributed by atoms with Gasteiger partial charge in [0, 0.05) is 28.7 Å². The van der Waals surface area contributed by atoms with E-state index in [0.717, 1.165) is 9.87 Å². The molecule has 3 aromatic rings. The zero-order chi connectivity index (χ0) is 32.6. The van der Waals surface area contributed by atoms with Crippen LogP contribution in [0.2, 0.25) is 10.0 Å². The Morgan fingerprint density at radius 3 is 2.14 bits per heavy atom. The second kappa shape index (κ2) is 15.5. The van der Waals surface area contributed by atoms with Crippen molar-refractivity contribution >= 4 is 50.7 Å². The number of carbonyl (C=O) groups is 2. The van der Waals surface area contributed by atoms with E-state index in [-0.39, 0.29) is 41.2 Å². The largest absolute Gasteiger partial charge is 0.493 e. The fraction of sp³-hybridized carbons (Fsp3) is 0.375. The van der Waals surface area contributed by atoms with Crippen LogP contribution in [0.25, 0.3) is 0 Å². The highest BCUT2D eigenvalue weighted by Crippen LogP contribution is 2.33. The van der Waals surface area contributed by atoms with Crippen molar-refractivity contribution in [2.24, 2.45) is 0 Å². The van der Waals surface area contributed by atoms with Gasteiger partial charge in [-0.3, -0.25) is 13.9 Å². The molecule has 0 aromatic heterocycles. The summed E-state index contributed by atoms with van der Waals surface area (Å²) in [5, 5.41) is 3.69. The first-order chi connectivity index (χ1) is 20.9. The number of hydrogen-bond acceptors (Lipinski definition) is 6. The third kappa shape index (κ3) is 8.37. The van der Waals surface area contributed by atoms with Gasteiger partial charge in [0.25, 0.3) is 10.0 Å². The third-order valence-corrected chi connectivity index (χ3v) is 9.64. The normalized spacial score (nSPS) is 12.6. The van der Waals surface area contributed by atoms with Gasteiger partial charge >= 0.3 is 0 Å². The average Bonchev–Trinajstić information content (AvgIpc) is 3.00. The van der Waals surface area contributed by atoms with E-state index in [9.17, 15) is 18.0 Å². The molecule has 0 bridgehead atoms. The monoisotopic (exact) mass is 663 g/mol. The van der Waals surface area contributed by atoms with Gasteiger partial charge in [0.2, 0.25) is 11.8 Å². The lowest BCUT2D eigenvalue weighted by Crippen LogP contribution is -2.53. The SMILES string of the molecule is CC[C@@H](C)NC(=O)[C@H](CC)N(Cc1ccc(Cl)cc1Cl)C(=O)CN(c1ccc(C)cc1)S(=O)(=O)c1ccc(OC)c(OC)c1. The van der Waals surface area contributed by atoms with E-state index in [0.29, 0.717) is 27.8 Å². The number of ether oxygens (including phenoxy) is 2. The predicted molar refractivity (Wildman–Crippen MR) is 174 cm³/mol. The van der Waals surface area contributed by atoms with Crippen molar-refractivity contribution in [3.05, 3.63) is 81.8 Å². The molecule has 3 rings (SSSR count). The summed E-state index contributed by atoms with van der Waals surface area (Å²) in [4.78, 5) is 29.0. The second-order valence-corrected chi connectivity index (χ2v) is 13.1. The van der Waals surface area contributed by atoms with E-state index >= 15 is 0 Å². The van der Waals surface area contributed by atoms with Crippen LogP contribution in [0.4, 0.5) is 5.69 Å². The zero-order valence-electron chi connectivity index (χ0n) is 25.8. The average molecular weight is 665 g/mol. The lowest BCUT2D eigenvalue weighted by molar-refractivity contribution is -0.140. The number of aryl methyl sites for hydroxylation is 1. The second-order valence-electron chi connectivity index (χ2n) is 10.4. The molecule has 0 fully saturated rings.